The van der Waals surface area contributed by atoms with Gasteiger partial charge >= 0.3 is 11.7 Å². The van der Waals surface area contributed by atoms with Gasteiger partial charge in [0.2, 0.25) is 5.75 Å². The van der Waals surface area contributed by atoms with E-state index in [0.29, 0.717) is 15.5 Å². The minimum Gasteiger partial charge on any atom is -0.434 e. The smallest absolute Gasteiger partial charge is 0.434 e. The van der Waals surface area contributed by atoms with Crippen LogP contribution < -0.4 is 10.3 Å². The van der Waals surface area contributed by atoms with E-state index < -0.39 is 11.7 Å². The van der Waals surface area contributed by atoms with Gasteiger partial charge in [-0.2, -0.15) is 0 Å². The molecule has 0 aliphatic carbocycles. The molecule has 1 aromatic carbocycles. The quantitative estimate of drug-likeness (QED) is 0.677. The van der Waals surface area contributed by atoms with Crippen LogP contribution in [0.25, 0.3) is 15.2 Å². The number of nitrogens with zero attached hydrogens (tertiary/aromatic N) is 2. The highest BCUT2D eigenvalue weighted by Gasteiger charge is 2.15. The van der Waals surface area contributed by atoms with Gasteiger partial charge in [-0.3, -0.25) is 4.79 Å². The number of thiazole rings is 1. The number of rotatable bonds is 2. The van der Waals surface area contributed by atoms with Crippen molar-refractivity contribution in [2.75, 3.05) is 6.61 Å². The summed E-state index contributed by atoms with van der Waals surface area (Å²) in [7, 11) is 0. The molecule has 0 fully saturated rings. The molecular weight excluding hydrogens is 316 g/mol. The molecule has 3 aromatic rings. The molecule has 0 radical (unpaired) electrons. The fraction of sp³-hybridized carbons (Fsp3) is 0.154. The minimum atomic E-state index is -0.932. The Bertz CT molecular complexity index is 902. The number of aromatic nitrogens is 2. The van der Waals surface area contributed by atoms with Crippen LogP contribution in [0.3, 0.4) is 0 Å². The average Bonchev–Trinajstić information content (AvgIpc) is 2.80. The van der Waals surface area contributed by atoms with Gasteiger partial charge in [0.15, 0.2) is 4.96 Å². The van der Waals surface area contributed by atoms with Gasteiger partial charge in [-0.25, -0.2) is 14.2 Å². The molecule has 21 heavy (non-hydrogen) atoms. The van der Waals surface area contributed by atoms with Gasteiger partial charge in [0.1, 0.15) is 0 Å². The molecule has 0 aliphatic heterocycles. The van der Waals surface area contributed by atoms with Gasteiger partial charge < -0.3 is 9.47 Å². The van der Waals surface area contributed by atoms with Crippen molar-refractivity contribution in [2.24, 2.45) is 0 Å². The van der Waals surface area contributed by atoms with Crippen molar-refractivity contribution in [3.05, 3.63) is 39.8 Å². The van der Waals surface area contributed by atoms with Crippen molar-refractivity contribution in [3.8, 4) is 5.75 Å². The average molecular weight is 325 g/mol. The molecule has 0 amide bonds. The van der Waals surface area contributed by atoms with E-state index in [2.05, 4.69) is 9.72 Å². The molecule has 2 heterocycles. The first-order valence-electron chi connectivity index (χ1n) is 6.04. The monoisotopic (exact) mass is 324 g/mol. The van der Waals surface area contributed by atoms with E-state index in [9.17, 15) is 9.59 Å². The SMILES string of the molecule is CCOC(=O)Oc1cnc2sc3cc(Cl)ccc3n2c1=O. The molecule has 8 heteroatoms. The zero-order chi connectivity index (χ0) is 15.0. The second kappa shape index (κ2) is 5.34. The van der Waals surface area contributed by atoms with Gasteiger partial charge in [0.05, 0.1) is 23.0 Å². The lowest BCUT2D eigenvalue weighted by atomic mass is 10.3. The second-order valence-electron chi connectivity index (χ2n) is 4.04. The van der Waals surface area contributed by atoms with Crippen LogP contribution in [0.1, 0.15) is 6.92 Å². The number of carbonyl (C=O) groups is 1. The number of benzene rings is 1. The topological polar surface area (TPSA) is 69.9 Å². The highest BCUT2D eigenvalue weighted by Crippen LogP contribution is 2.27. The number of ether oxygens (including phenoxy) is 2. The maximum absolute atomic E-state index is 12.4. The van der Waals surface area contributed by atoms with Crippen LogP contribution in [-0.2, 0) is 4.74 Å². The highest BCUT2D eigenvalue weighted by atomic mass is 35.5. The molecule has 0 atom stereocenters. The Kier molecular flexibility index (Phi) is 3.52. The van der Waals surface area contributed by atoms with Crippen LogP contribution in [0, 0.1) is 0 Å². The third kappa shape index (κ3) is 2.45. The maximum atomic E-state index is 12.4. The van der Waals surface area contributed by atoms with Crippen LogP contribution >= 0.6 is 22.9 Å². The molecular formula is C13H9ClN2O4S. The fourth-order valence-electron chi connectivity index (χ4n) is 1.87. The number of halogens is 1. The summed E-state index contributed by atoms with van der Waals surface area (Å²) in [5.74, 6) is -0.180. The Balaban J connectivity index is 2.17. The molecule has 0 N–H and O–H groups in total. The summed E-state index contributed by atoms with van der Waals surface area (Å²) < 4.78 is 11.7. The zero-order valence-electron chi connectivity index (χ0n) is 10.8. The zero-order valence-corrected chi connectivity index (χ0v) is 12.4. The Hall–Kier alpha value is -2.12. The van der Waals surface area contributed by atoms with Crippen molar-refractivity contribution in [3.63, 3.8) is 0 Å². The summed E-state index contributed by atoms with van der Waals surface area (Å²) in [6.07, 6.45) is 0.282. The van der Waals surface area contributed by atoms with E-state index >= 15 is 0 Å². The lowest BCUT2D eigenvalue weighted by molar-refractivity contribution is 0.103. The predicted molar refractivity (Wildman–Crippen MR) is 79.5 cm³/mol. The Morgan fingerprint density at radius 3 is 3.05 bits per heavy atom. The standard InChI is InChI=1S/C13H9ClN2O4S/c1-2-19-13(18)20-9-6-15-12-16(11(9)17)8-4-3-7(14)5-10(8)21-12/h3-6H,2H2,1H3. The molecule has 0 spiro atoms. The van der Waals surface area contributed by atoms with Crippen molar-refractivity contribution in [1.29, 1.82) is 0 Å². The van der Waals surface area contributed by atoms with Crippen molar-refractivity contribution in [2.45, 2.75) is 6.92 Å². The lowest BCUT2D eigenvalue weighted by Gasteiger charge is -2.03. The number of carbonyl (C=O) groups excluding carboxylic acids is 1. The third-order valence-corrected chi connectivity index (χ3v) is 3.97. The Morgan fingerprint density at radius 1 is 1.48 bits per heavy atom. The first kappa shape index (κ1) is 13.8. The number of hydrogen-bond acceptors (Lipinski definition) is 6. The molecule has 108 valence electrons. The third-order valence-electron chi connectivity index (χ3n) is 2.72. The summed E-state index contributed by atoms with van der Waals surface area (Å²) in [5.41, 5.74) is 0.188. The fourth-order valence-corrected chi connectivity index (χ4v) is 3.13. The summed E-state index contributed by atoms with van der Waals surface area (Å²) in [6, 6.07) is 5.15. The van der Waals surface area contributed by atoms with Crippen LogP contribution in [-0.4, -0.2) is 22.1 Å². The van der Waals surface area contributed by atoms with E-state index in [4.69, 9.17) is 16.3 Å². The van der Waals surface area contributed by atoms with Crippen molar-refractivity contribution >= 4 is 44.3 Å². The molecule has 0 saturated carbocycles. The maximum Gasteiger partial charge on any atom is 0.514 e. The van der Waals surface area contributed by atoms with E-state index in [1.54, 1.807) is 25.1 Å². The van der Waals surface area contributed by atoms with E-state index in [-0.39, 0.29) is 12.4 Å². The van der Waals surface area contributed by atoms with Crippen LogP contribution in [0.4, 0.5) is 4.79 Å². The van der Waals surface area contributed by atoms with E-state index in [0.717, 1.165) is 4.70 Å². The highest BCUT2D eigenvalue weighted by molar-refractivity contribution is 7.23. The molecule has 2 aromatic heterocycles. The van der Waals surface area contributed by atoms with Crippen LogP contribution in [0.15, 0.2) is 29.2 Å². The largest absolute Gasteiger partial charge is 0.514 e. The predicted octanol–water partition coefficient (Wildman–Crippen LogP) is 3.10. The summed E-state index contributed by atoms with van der Waals surface area (Å²) >= 11 is 7.26. The molecule has 0 bridgehead atoms. The lowest BCUT2D eigenvalue weighted by Crippen LogP contribution is -2.20. The second-order valence-corrected chi connectivity index (χ2v) is 5.49. The molecule has 6 nitrogen and oxygen atoms in total. The minimum absolute atomic E-state index is 0.162. The van der Waals surface area contributed by atoms with Crippen LogP contribution in [0.5, 0.6) is 5.75 Å². The van der Waals surface area contributed by atoms with Crippen LogP contribution in [0.2, 0.25) is 5.02 Å². The molecule has 0 aliphatic rings. The first-order valence-corrected chi connectivity index (χ1v) is 7.24. The number of fused-ring (bicyclic) bond motifs is 3. The molecule has 0 unspecified atom stereocenters. The van der Waals surface area contributed by atoms with Gasteiger partial charge in [0.25, 0.3) is 0 Å². The van der Waals surface area contributed by atoms with Gasteiger partial charge in [0, 0.05) is 5.02 Å². The van der Waals surface area contributed by atoms with Crippen molar-refractivity contribution in [1.82, 2.24) is 9.38 Å². The van der Waals surface area contributed by atoms with Gasteiger partial charge in [-0.05, 0) is 25.1 Å². The van der Waals surface area contributed by atoms with Crippen molar-refractivity contribution < 1.29 is 14.3 Å². The van der Waals surface area contributed by atoms with Gasteiger partial charge in [-0.15, -0.1) is 0 Å². The molecule has 3 rings (SSSR count). The van der Waals surface area contributed by atoms with E-state index in [1.165, 1.54) is 21.9 Å². The van der Waals surface area contributed by atoms with Gasteiger partial charge in [-0.1, -0.05) is 22.9 Å². The summed E-state index contributed by atoms with van der Waals surface area (Å²) in [6.45, 7) is 1.81. The normalized spacial score (nSPS) is 11.0. The number of hydrogen-bond donors (Lipinski definition) is 0. The summed E-state index contributed by atoms with van der Waals surface area (Å²) in [5, 5.41) is 0.574. The summed E-state index contributed by atoms with van der Waals surface area (Å²) in [4.78, 5) is 28.3. The Labute approximate surface area is 127 Å². The van der Waals surface area contributed by atoms with E-state index in [1.807, 2.05) is 0 Å². The Morgan fingerprint density at radius 2 is 2.29 bits per heavy atom. The first-order chi connectivity index (χ1) is 10.1. The molecule has 0 saturated heterocycles.